The third kappa shape index (κ3) is 2.49. The van der Waals surface area contributed by atoms with Gasteiger partial charge in [0.1, 0.15) is 5.75 Å². The van der Waals surface area contributed by atoms with Gasteiger partial charge in [-0.25, -0.2) is 4.98 Å². The number of rotatable bonds is 3. The van der Waals surface area contributed by atoms with Gasteiger partial charge in [0.25, 0.3) is 0 Å². The second-order valence-corrected chi connectivity index (χ2v) is 4.72. The van der Waals surface area contributed by atoms with Crippen LogP contribution in [0.3, 0.4) is 0 Å². The van der Waals surface area contributed by atoms with Gasteiger partial charge in [0.05, 0.1) is 12.3 Å². The van der Waals surface area contributed by atoms with Crippen LogP contribution in [0.5, 0.6) is 11.6 Å². The average Bonchev–Trinajstić information content (AvgIpc) is 2.47. The Bertz CT molecular complexity index is 753. The van der Waals surface area contributed by atoms with E-state index in [0.29, 0.717) is 11.6 Å². The zero-order chi connectivity index (χ0) is 13.9. The molecule has 3 heteroatoms. The average molecular weight is 265 g/mol. The molecular weight excluding hydrogens is 250 g/mol. The molecule has 0 aliphatic rings. The summed E-state index contributed by atoms with van der Waals surface area (Å²) < 4.78 is 5.89. The molecule has 0 aliphatic heterocycles. The van der Waals surface area contributed by atoms with Crippen LogP contribution in [0.1, 0.15) is 11.3 Å². The lowest BCUT2D eigenvalue weighted by atomic mass is 10.1. The first-order valence-electron chi connectivity index (χ1n) is 6.50. The van der Waals surface area contributed by atoms with Crippen LogP contribution < -0.4 is 4.74 Å². The summed E-state index contributed by atoms with van der Waals surface area (Å²) in [5.41, 5.74) is 1.73. The molecule has 3 rings (SSSR count). The summed E-state index contributed by atoms with van der Waals surface area (Å²) >= 11 is 0. The Balaban J connectivity index is 2.10. The summed E-state index contributed by atoms with van der Waals surface area (Å²) in [6, 6.07) is 17.6. The molecule has 0 atom stereocenters. The van der Waals surface area contributed by atoms with Crippen molar-refractivity contribution in [1.29, 1.82) is 0 Å². The highest BCUT2D eigenvalue weighted by molar-refractivity contribution is 5.87. The maximum Gasteiger partial charge on any atom is 0.227 e. The second kappa shape index (κ2) is 5.31. The maximum absolute atomic E-state index is 9.31. The third-order valence-electron chi connectivity index (χ3n) is 3.12. The van der Waals surface area contributed by atoms with Crippen molar-refractivity contribution in [3.63, 3.8) is 0 Å². The smallest absolute Gasteiger partial charge is 0.227 e. The summed E-state index contributed by atoms with van der Waals surface area (Å²) in [5.74, 6) is 1.27. The molecule has 1 heterocycles. The molecular formula is C17H15NO2. The van der Waals surface area contributed by atoms with Gasteiger partial charge in [-0.1, -0.05) is 30.3 Å². The largest absolute Gasteiger partial charge is 0.438 e. The van der Waals surface area contributed by atoms with Gasteiger partial charge < -0.3 is 9.84 Å². The van der Waals surface area contributed by atoms with Gasteiger partial charge in [-0.3, -0.25) is 0 Å². The predicted molar refractivity (Wildman–Crippen MR) is 78.9 cm³/mol. The molecule has 0 radical (unpaired) electrons. The van der Waals surface area contributed by atoms with Gasteiger partial charge in [-0.2, -0.15) is 0 Å². The van der Waals surface area contributed by atoms with E-state index >= 15 is 0 Å². The highest BCUT2D eigenvalue weighted by Crippen LogP contribution is 2.29. The first-order chi connectivity index (χ1) is 9.76. The number of benzene rings is 2. The van der Waals surface area contributed by atoms with Gasteiger partial charge in [-0.15, -0.1) is 0 Å². The summed E-state index contributed by atoms with van der Waals surface area (Å²) in [6.45, 7) is 1.91. The summed E-state index contributed by atoms with van der Waals surface area (Å²) in [4.78, 5) is 4.37. The van der Waals surface area contributed by atoms with Crippen LogP contribution in [-0.4, -0.2) is 10.1 Å². The van der Waals surface area contributed by atoms with E-state index in [2.05, 4.69) is 4.98 Å². The summed E-state index contributed by atoms with van der Waals surface area (Å²) in [6.07, 6.45) is 0. The van der Waals surface area contributed by atoms with Crippen LogP contribution in [0.4, 0.5) is 0 Å². The van der Waals surface area contributed by atoms with E-state index < -0.39 is 0 Å². The highest BCUT2D eigenvalue weighted by atomic mass is 16.5. The lowest BCUT2D eigenvalue weighted by Crippen LogP contribution is -1.95. The van der Waals surface area contributed by atoms with Crippen LogP contribution in [0.25, 0.3) is 10.8 Å². The SMILES string of the molecule is Cc1cccc(Oc2nc(CO)cc3ccccc23)c1. The number of nitrogens with zero attached hydrogens (tertiary/aromatic N) is 1. The van der Waals surface area contributed by atoms with Crippen molar-refractivity contribution in [2.24, 2.45) is 0 Å². The van der Waals surface area contributed by atoms with E-state index in [9.17, 15) is 5.11 Å². The Labute approximate surface area is 117 Å². The van der Waals surface area contributed by atoms with Crippen molar-refractivity contribution in [2.45, 2.75) is 13.5 Å². The molecule has 0 unspecified atom stereocenters. The van der Waals surface area contributed by atoms with Crippen LogP contribution in [0, 0.1) is 6.92 Å². The minimum atomic E-state index is -0.102. The van der Waals surface area contributed by atoms with E-state index in [1.807, 2.05) is 61.5 Å². The standard InChI is InChI=1S/C17H15NO2/c1-12-5-4-7-15(9-12)20-17-16-8-3-2-6-13(16)10-14(11-19)18-17/h2-10,19H,11H2,1H3. The van der Waals surface area contributed by atoms with Gasteiger partial charge >= 0.3 is 0 Å². The van der Waals surface area contributed by atoms with Crippen LogP contribution >= 0.6 is 0 Å². The monoisotopic (exact) mass is 265 g/mol. The normalized spacial score (nSPS) is 10.7. The van der Waals surface area contributed by atoms with Crippen molar-refractivity contribution in [2.75, 3.05) is 0 Å². The van der Waals surface area contributed by atoms with E-state index in [4.69, 9.17) is 4.74 Å². The number of ether oxygens (including phenoxy) is 1. The number of pyridine rings is 1. The highest BCUT2D eigenvalue weighted by Gasteiger charge is 2.07. The molecule has 0 fully saturated rings. The van der Waals surface area contributed by atoms with Crippen molar-refractivity contribution in [3.8, 4) is 11.6 Å². The molecule has 3 nitrogen and oxygen atoms in total. The number of aromatic nitrogens is 1. The quantitative estimate of drug-likeness (QED) is 0.782. The van der Waals surface area contributed by atoms with Crippen molar-refractivity contribution in [1.82, 2.24) is 4.98 Å². The summed E-state index contributed by atoms with van der Waals surface area (Å²) in [5, 5.41) is 11.3. The van der Waals surface area contributed by atoms with Crippen molar-refractivity contribution >= 4 is 10.8 Å². The third-order valence-corrected chi connectivity index (χ3v) is 3.12. The topological polar surface area (TPSA) is 42.4 Å². The van der Waals surface area contributed by atoms with Crippen LogP contribution in [-0.2, 0) is 6.61 Å². The molecule has 1 N–H and O–H groups in total. The van der Waals surface area contributed by atoms with Gasteiger partial charge in [0.15, 0.2) is 0 Å². The van der Waals surface area contributed by atoms with E-state index in [-0.39, 0.29) is 6.61 Å². The molecule has 0 saturated carbocycles. The van der Waals surface area contributed by atoms with Gasteiger partial charge in [0.2, 0.25) is 5.88 Å². The Hall–Kier alpha value is -2.39. The molecule has 0 spiro atoms. The number of hydrogen-bond acceptors (Lipinski definition) is 3. The lowest BCUT2D eigenvalue weighted by molar-refractivity contribution is 0.275. The second-order valence-electron chi connectivity index (χ2n) is 4.72. The van der Waals surface area contributed by atoms with E-state index in [1.165, 1.54) is 0 Å². The number of aliphatic hydroxyl groups is 1. The number of fused-ring (bicyclic) bond motifs is 1. The molecule has 1 aromatic heterocycles. The molecule has 2 aromatic carbocycles. The van der Waals surface area contributed by atoms with Crippen LogP contribution in [0.2, 0.25) is 0 Å². The maximum atomic E-state index is 9.31. The molecule has 20 heavy (non-hydrogen) atoms. The van der Waals surface area contributed by atoms with Gasteiger partial charge in [0, 0.05) is 5.39 Å². The molecule has 0 saturated heterocycles. The molecule has 0 bridgehead atoms. The number of aryl methyl sites for hydroxylation is 1. The molecule has 100 valence electrons. The van der Waals surface area contributed by atoms with E-state index in [1.54, 1.807) is 0 Å². The number of hydrogen-bond donors (Lipinski definition) is 1. The fourth-order valence-electron chi connectivity index (χ4n) is 2.17. The summed E-state index contributed by atoms with van der Waals surface area (Å²) in [7, 11) is 0. The Morgan fingerprint density at radius 1 is 1.05 bits per heavy atom. The number of aliphatic hydroxyl groups excluding tert-OH is 1. The first kappa shape index (κ1) is 12.6. The van der Waals surface area contributed by atoms with Crippen molar-refractivity contribution in [3.05, 3.63) is 65.9 Å². The zero-order valence-electron chi connectivity index (χ0n) is 11.2. The minimum Gasteiger partial charge on any atom is -0.438 e. The zero-order valence-corrected chi connectivity index (χ0v) is 11.2. The molecule has 3 aromatic rings. The Morgan fingerprint density at radius 2 is 1.90 bits per heavy atom. The lowest BCUT2D eigenvalue weighted by Gasteiger charge is -2.10. The minimum absolute atomic E-state index is 0.102. The molecule has 0 aliphatic carbocycles. The Kier molecular flexibility index (Phi) is 3.35. The fraction of sp³-hybridized carbons (Fsp3) is 0.118. The van der Waals surface area contributed by atoms with Gasteiger partial charge in [-0.05, 0) is 42.1 Å². The Morgan fingerprint density at radius 3 is 2.70 bits per heavy atom. The predicted octanol–water partition coefficient (Wildman–Crippen LogP) is 3.83. The molecule has 0 amide bonds. The van der Waals surface area contributed by atoms with Crippen molar-refractivity contribution < 1.29 is 9.84 Å². The fourth-order valence-corrected chi connectivity index (χ4v) is 2.17. The van der Waals surface area contributed by atoms with Crippen LogP contribution in [0.15, 0.2) is 54.6 Å². The van der Waals surface area contributed by atoms with E-state index in [0.717, 1.165) is 22.1 Å². The first-order valence-corrected chi connectivity index (χ1v) is 6.50.